The van der Waals surface area contributed by atoms with Gasteiger partial charge in [0.25, 0.3) is 5.56 Å². The van der Waals surface area contributed by atoms with Gasteiger partial charge in [0.1, 0.15) is 0 Å². The highest BCUT2D eigenvalue weighted by molar-refractivity contribution is 4.95. The second-order valence-corrected chi connectivity index (χ2v) is 3.89. The molecule has 0 radical (unpaired) electrons. The first-order valence-electron chi connectivity index (χ1n) is 5.34. The van der Waals surface area contributed by atoms with Crippen LogP contribution in [0.25, 0.3) is 0 Å². The molecule has 1 aromatic rings. The number of aromatic nitrogens is 2. The largest absolute Gasteiger partial charge is 0.317 e. The predicted octanol–water partition coefficient (Wildman–Crippen LogP) is 0.940. The maximum absolute atomic E-state index is 11.5. The highest BCUT2D eigenvalue weighted by Gasteiger charge is 2.00. The topological polar surface area (TPSA) is 46.9 Å². The van der Waals surface area contributed by atoms with E-state index in [4.69, 9.17) is 0 Å². The van der Waals surface area contributed by atoms with E-state index in [9.17, 15) is 4.79 Å². The number of hydrogen-bond donors (Lipinski definition) is 1. The molecule has 0 aliphatic heterocycles. The van der Waals surface area contributed by atoms with Crippen LogP contribution in [0.2, 0.25) is 0 Å². The van der Waals surface area contributed by atoms with Crippen LogP contribution in [0.15, 0.2) is 17.2 Å². The minimum absolute atomic E-state index is 0.0413. The third-order valence-corrected chi connectivity index (χ3v) is 2.55. The van der Waals surface area contributed by atoms with Crippen molar-refractivity contribution in [2.75, 3.05) is 7.05 Å². The van der Waals surface area contributed by atoms with Crippen LogP contribution in [0.5, 0.6) is 0 Å². The van der Waals surface area contributed by atoms with Crippen molar-refractivity contribution in [1.82, 2.24) is 14.9 Å². The van der Waals surface area contributed by atoms with E-state index in [1.807, 2.05) is 14.0 Å². The second-order valence-electron chi connectivity index (χ2n) is 3.89. The molecule has 0 fully saturated rings. The first kappa shape index (κ1) is 11.9. The van der Waals surface area contributed by atoms with Crippen molar-refractivity contribution in [3.05, 3.63) is 28.4 Å². The first-order valence-corrected chi connectivity index (χ1v) is 5.34. The standard InChI is InChI=1S/C11H19N3O/c1-9(12-3)5-4-6-14-8-13-10(2)7-11(14)15/h7-9,12H,4-6H2,1-3H3. The Hall–Kier alpha value is -1.16. The molecule has 4 nitrogen and oxygen atoms in total. The Labute approximate surface area is 90.3 Å². The van der Waals surface area contributed by atoms with Crippen molar-refractivity contribution in [3.63, 3.8) is 0 Å². The van der Waals surface area contributed by atoms with Crippen molar-refractivity contribution in [2.45, 2.75) is 39.3 Å². The van der Waals surface area contributed by atoms with E-state index in [1.165, 1.54) is 0 Å². The first-order chi connectivity index (χ1) is 7.13. The summed E-state index contributed by atoms with van der Waals surface area (Å²) in [6, 6.07) is 2.07. The zero-order chi connectivity index (χ0) is 11.3. The maximum Gasteiger partial charge on any atom is 0.253 e. The molecule has 0 bridgehead atoms. The quantitative estimate of drug-likeness (QED) is 0.785. The maximum atomic E-state index is 11.5. The van der Waals surface area contributed by atoms with E-state index in [1.54, 1.807) is 17.0 Å². The highest BCUT2D eigenvalue weighted by atomic mass is 16.1. The molecular formula is C11H19N3O. The Morgan fingerprint density at radius 1 is 1.60 bits per heavy atom. The lowest BCUT2D eigenvalue weighted by atomic mass is 10.2. The fraction of sp³-hybridized carbons (Fsp3) is 0.636. The van der Waals surface area contributed by atoms with E-state index in [0.717, 1.165) is 25.1 Å². The Bertz CT molecular complexity index is 359. The van der Waals surface area contributed by atoms with Gasteiger partial charge in [-0.05, 0) is 33.7 Å². The summed E-state index contributed by atoms with van der Waals surface area (Å²) < 4.78 is 1.66. The molecule has 1 N–H and O–H groups in total. The van der Waals surface area contributed by atoms with Gasteiger partial charge in [0, 0.05) is 24.3 Å². The SMILES string of the molecule is CNC(C)CCCn1cnc(C)cc1=O. The molecule has 0 aliphatic carbocycles. The molecule has 1 rings (SSSR count). The summed E-state index contributed by atoms with van der Waals surface area (Å²) in [6.45, 7) is 4.71. The fourth-order valence-electron chi connectivity index (χ4n) is 1.40. The highest BCUT2D eigenvalue weighted by Crippen LogP contribution is 1.97. The van der Waals surface area contributed by atoms with Crippen LogP contribution in [0, 0.1) is 6.92 Å². The molecule has 1 atom stereocenters. The van der Waals surface area contributed by atoms with Crippen LogP contribution in [-0.4, -0.2) is 22.6 Å². The van der Waals surface area contributed by atoms with Crippen LogP contribution < -0.4 is 10.9 Å². The Kier molecular flexibility index (Phi) is 4.49. The van der Waals surface area contributed by atoms with Crippen LogP contribution in [0.3, 0.4) is 0 Å². The molecule has 0 saturated carbocycles. The Balaban J connectivity index is 2.48. The monoisotopic (exact) mass is 209 g/mol. The van der Waals surface area contributed by atoms with Gasteiger partial charge in [-0.25, -0.2) is 4.98 Å². The van der Waals surface area contributed by atoms with Crippen molar-refractivity contribution in [3.8, 4) is 0 Å². The normalized spacial score (nSPS) is 12.7. The molecule has 0 saturated heterocycles. The molecule has 84 valence electrons. The van der Waals surface area contributed by atoms with Crippen LogP contribution in [-0.2, 0) is 6.54 Å². The van der Waals surface area contributed by atoms with E-state index >= 15 is 0 Å². The van der Waals surface area contributed by atoms with Gasteiger partial charge in [0.2, 0.25) is 0 Å². The van der Waals surface area contributed by atoms with Gasteiger partial charge >= 0.3 is 0 Å². The minimum Gasteiger partial charge on any atom is -0.317 e. The Morgan fingerprint density at radius 3 is 2.93 bits per heavy atom. The summed E-state index contributed by atoms with van der Waals surface area (Å²) in [4.78, 5) is 15.6. The van der Waals surface area contributed by atoms with E-state index in [-0.39, 0.29) is 5.56 Å². The summed E-state index contributed by atoms with van der Waals surface area (Å²) in [5.41, 5.74) is 0.819. The fourth-order valence-corrected chi connectivity index (χ4v) is 1.40. The number of aryl methyl sites for hydroxylation is 2. The molecule has 0 spiro atoms. The van der Waals surface area contributed by atoms with Crippen molar-refractivity contribution < 1.29 is 0 Å². The second kappa shape index (κ2) is 5.66. The van der Waals surface area contributed by atoms with Crippen LogP contribution in [0.4, 0.5) is 0 Å². The lowest BCUT2D eigenvalue weighted by Gasteiger charge is -2.10. The van der Waals surface area contributed by atoms with Crippen molar-refractivity contribution >= 4 is 0 Å². The van der Waals surface area contributed by atoms with Crippen LogP contribution in [0.1, 0.15) is 25.5 Å². The van der Waals surface area contributed by atoms with Gasteiger partial charge in [-0.2, -0.15) is 0 Å². The van der Waals surface area contributed by atoms with Gasteiger partial charge in [0.05, 0.1) is 6.33 Å². The molecule has 15 heavy (non-hydrogen) atoms. The van der Waals surface area contributed by atoms with Gasteiger partial charge in [-0.15, -0.1) is 0 Å². The molecule has 4 heteroatoms. The average molecular weight is 209 g/mol. The molecule has 0 amide bonds. The summed E-state index contributed by atoms with van der Waals surface area (Å²) in [6.07, 6.45) is 3.69. The van der Waals surface area contributed by atoms with Crippen molar-refractivity contribution in [1.29, 1.82) is 0 Å². The number of nitrogens with zero attached hydrogens (tertiary/aromatic N) is 2. The van der Waals surface area contributed by atoms with Gasteiger partial charge in [0.15, 0.2) is 0 Å². The molecular weight excluding hydrogens is 190 g/mol. The smallest absolute Gasteiger partial charge is 0.253 e. The molecule has 1 aromatic heterocycles. The molecule has 1 heterocycles. The zero-order valence-electron chi connectivity index (χ0n) is 9.66. The number of hydrogen-bond acceptors (Lipinski definition) is 3. The third-order valence-electron chi connectivity index (χ3n) is 2.55. The summed E-state index contributed by atoms with van der Waals surface area (Å²) in [5, 5.41) is 3.17. The molecule has 0 aromatic carbocycles. The van der Waals surface area contributed by atoms with Gasteiger partial charge in [-0.3, -0.25) is 9.36 Å². The molecule has 1 unspecified atom stereocenters. The van der Waals surface area contributed by atoms with Crippen molar-refractivity contribution in [2.24, 2.45) is 0 Å². The number of rotatable bonds is 5. The van der Waals surface area contributed by atoms with E-state index in [2.05, 4.69) is 17.2 Å². The average Bonchev–Trinajstić information content (AvgIpc) is 2.21. The van der Waals surface area contributed by atoms with E-state index in [0.29, 0.717) is 6.04 Å². The number of nitrogens with one attached hydrogen (secondary N) is 1. The lowest BCUT2D eigenvalue weighted by molar-refractivity contribution is 0.499. The zero-order valence-corrected chi connectivity index (χ0v) is 9.66. The molecule has 0 aliphatic rings. The van der Waals surface area contributed by atoms with Gasteiger partial charge < -0.3 is 5.32 Å². The summed E-state index contributed by atoms with van der Waals surface area (Å²) in [7, 11) is 1.95. The third kappa shape index (κ3) is 3.83. The Morgan fingerprint density at radius 2 is 2.33 bits per heavy atom. The minimum atomic E-state index is 0.0413. The van der Waals surface area contributed by atoms with E-state index < -0.39 is 0 Å². The summed E-state index contributed by atoms with van der Waals surface area (Å²) >= 11 is 0. The lowest BCUT2D eigenvalue weighted by Crippen LogP contribution is -2.24. The van der Waals surface area contributed by atoms with Crippen LogP contribution >= 0.6 is 0 Å². The predicted molar refractivity (Wildman–Crippen MR) is 61.0 cm³/mol. The van der Waals surface area contributed by atoms with Gasteiger partial charge in [-0.1, -0.05) is 0 Å². The summed E-state index contributed by atoms with van der Waals surface area (Å²) in [5.74, 6) is 0.